The van der Waals surface area contributed by atoms with Gasteiger partial charge in [-0.15, -0.1) is 0 Å². The van der Waals surface area contributed by atoms with Crippen molar-refractivity contribution in [3.63, 3.8) is 0 Å². The highest BCUT2D eigenvalue weighted by atomic mass is 16.5. The lowest BCUT2D eigenvalue weighted by Gasteiger charge is -2.31. The first-order chi connectivity index (χ1) is 8.76. The fraction of sp³-hybridized carbons (Fsp3) is 0.462. The molecule has 1 aromatic carbocycles. The monoisotopic (exact) mass is 247 g/mol. The second-order valence-corrected chi connectivity index (χ2v) is 4.62. The maximum Gasteiger partial charge on any atom is 0.298 e. The predicted octanol–water partition coefficient (Wildman–Crippen LogP) is 1.59. The molecule has 1 aliphatic rings. The summed E-state index contributed by atoms with van der Waals surface area (Å²) in [5, 5.41) is 0. The molecule has 0 amide bonds. The third-order valence-corrected chi connectivity index (χ3v) is 3.36. The van der Waals surface area contributed by atoms with Crippen molar-refractivity contribution < 1.29 is 9.15 Å². The number of methoxy groups -OCH3 is 1. The van der Waals surface area contributed by atoms with E-state index in [0.29, 0.717) is 6.01 Å². The summed E-state index contributed by atoms with van der Waals surface area (Å²) in [5.74, 6) is 0.795. The van der Waals surface area contributed by atoms with Crippen LogP contribution in [0.5, 0.6) is 5.75 Å². The SMILES string of the molecule is COc1ccc2nc(N3CCN(C)CC3)oc2c1. The highest BCUT2D eigenvalue weighted by Crippen LogP contribution is 2.25. The van der Waals surface area contributed by atoms with Crippen molar-refractivity contribution in [2.75, 3.05) is 45.2 Å². The molecular weight excluding hydrogens is 230 g/mol. The summed E-state index contributed by atoms with van der Waals surface area (Å²) in [7, 11) is 3.78. The minimum Gasteiger partial charge on any atom is -0.497 e. The summed E-state index contributed by atoms with van der Waals surface area (Å²) >= 11 is 0. The number of fused-ring (bicyclic) bond motifs is 1. The molecule has 3 rings (SSSR count). The normalized spacial score (nSPS) is 17.3. The summed E-state index contributed by atoms with van der Waals surface area (Å²) < 4.78 is 11.0. The van der Waals surface area contributed by atoms with Gasteiger partial charge in [-0.1, -0.05) is 0 Å². The van der Waals surface area contributed by atoms with Crippen LogP contribution in [0.4, 0.5) is 6.01 Å². The Morgan fingerprint density at radius 3 is 2.72 bits per heavy atom. The van der Waals surface area contributed by atoms with E-state index in [1.54, 1.807) is 7.11 Å². The van der Waals surface area contributed by atoms with Crippen LogP contribution in [-0.2, 0) is 0 Å². The van der Waals surface area contributed by atoms with E-state index in [0.717, 1.165) is 43.0 Å². The fourth-order valence-electron chi connectivity index (χ4n) is 2.15. The van der Waals surface area contributed by atoms with E-state index in [1.807, 2.05) is 18.2 Å². The molecule has 2 heterocycles. The fourth-order valence-corrected chi connectivity index (χ4v) is 2.15. The van der Waals surface area contributed by atoms with Gasteiger partial charge in [0.2, 0.25) is 0 Å². The molecule has 1 aromatic heterocycles. The van der Waals surface area contributed by atoms with Gasteiger partial charge in [0, 0.05) is 32.2 Å². The number of oxazole rings is 1. The van der Waals surface area contributed by atoms with Crippen LogP contribution in [-0.4, -0.2) is 50.2 Å². The van der Waals surface area contributed by atoms with Crippen molar-refractivity contribution in [2.24, 2.45) is 0 Å². The molecule has 0 aliphatic carbocycles. The van der Waals surface area contributed by atoms with E-state index >= 15 is 0 Å². The maximum atomic E-state index is 5.80. The van der Waals surface area contributed by atoms with Crippen molar-refractivity contribution >= 4 is 17.1 Å². The van der Waals surface area contributed by atoms with Gasteiger partial charge < -0.3 is 19.0 Å². The zero-order valence-corrected chi connectivity index (χ0v) is 10.7. The van der Waals surface area contributed by atoms with E-state index in [1.165, 1.54) is 0 Å². The molecule has 0 unspecified atom stereocenters. The predicted molar refractivity (Wildman–Crippen MR) is 70.3 cm³/mol. The van der Waals surface area contributed by atoms with Crippen molar-refractivity contribution in [3.05, 3.63) is 18.2 Å². The molecule has 1 aliphatic heterocycles. The van der Waals surface area contributed by atoms with Crippen LogP contribution in [0.1, 0.15) is 0 Å². The van der Waals surface area contributed by atoms with Gasteiger partial charge >= 0.3 is 0 Å². The van der Waals surface area contributed by atoms with Crippen molar-refractivity contribution in [3.8, 4) is 5.75 Å². The summed E-state index contributed by atoms with van der Waals surface area (Å²) in [6.07, 6.45) is 0. The van der Waals surface area contributed by atoms with E-state index in [2.05, 4.69) is 21.8 Å². The molecule has 0 N–H and O–H groups in total. The summed E-state index contributed by atoms with van der Waals surface area (Å²) in [4.78, 5) is 9.02. The van der Waals surface area contributed by atoms with Crippen LogP contribution >= 0.6 is 0 Å². The average molecular weight is 247 g/mol. The number of aromatic nitrogens is 1. The number of benzene rings is 1. The standard InChI is InChI=1S/C13H17N3O2/c1-15-5-7-16(8-6-15)13-14-11-4-3-10(17-2)9-12(11)18-13/h3-4,9H,5-8H2,1-2H3. The second kappa shape index (κ2) is 4.49. The van der Waals surface area contributed by atoms with Crippen LogP contribution in [0.2, 0.25) is 0 Å². The number of piperazine rings is 1. The quantitative estimate of drug-likeness (QED) is 0.806. The molecule has 5 heteroatoms. The molecule has 96 valence electrons. The number of hydrogen-bond donors (Lipinski definition) is 0. The smallest absolute Gasteiger partial charge is 0.298 e. The Kier molecular flexibility index (Phi) is 2.83. The lowest BCUT2D eigenvalue weighted by molar-refractivity contribution is 0.305. The van der Waals surface area contributed by atoms with Crippen LogP contribution in [0.25, 0.3) is 11.1 Å². The van der Waals surface area contributed by atoms with Crippen LogP contribution in [0.3, 0.4) is 0 Å². The van der Waals surface area contributed by atoms with E-state index in [4.69, 9.17) is 9.15 Å². The summed E-state index contributed by atoms with van der Waals surface area (Å²) in [6, 6.07) is 6.42. The molecule has 0 radical (unpaired) electrons. The first-order valence-corrected chi connectivity index (χ1v) is 6.14. The Bertz CT molecular complexity index is 544. The van der Waals surface area contributed by atoms with E-state index < -0.39 is 0 Å². The van der Waals surface area contributed by atoms with E-state index in [-0.39, 0.29) is 0 Å². The third-order valence-electron chi connectivity index (χ3n) is 3.36. The largest absolute Gasteiger partial charge is 0.497 e. The third kappa shape index (κ3) is 2.01. The van der Waals surface area contributed by atoms with Crippen molar-refractivity contribution in [1.29, 1.82) is 0 Å². The summed E-state index contributed by atoms with van der Waals surface area (Å²) in [6.45, 7) is 4.00. The Morgan fingerprint density at radius 1 is 1.22 bits per heavy atom. The van der Waals surface area contributed by atoms with Gasteiger partial charge in [-0.25, -0.2) is 0 Å². The molecule has 0 saturated carbocycles. The molecule has 1 fully saturated rings. The first-order valence-electron chi connectivity index (χ1n) is 6.14. The molecule has 0 bridgehead atoms. The van der Waals surface area contributed by atoms with Gasteiger partial charge in [-0.2, -0.15) is 4.98 Å². The van der Waals surface area contributed by atoms with Crippen molar-refractivity contribution in [1.82, 2.24) is 9.88 Å². The van der Waals surface area contributed by atoms with Crippen LogP contribution in [0, 0.1) is 0 Å². The molecular formula is C13H17N3O2. The molecule has 1 saturated heterocycles. The summed E-state index contributed by atoms with van der Waals surface area (Å²) in [5.41, 5.74) is 1.66. The van der Waals surface area contributed by atoms with Gasteiger partial charge in [0.25, 0.3) is 6.01 Å². The number of hydrogen-bond acceptors (Lipinski definition) is 5. The molecule has 18 heavy (non-hydrogen) atoms. The van der Waals surface area contributed by atoms with Gasteiger partial charge in [-0.3, -0.25) is 0 Å². The Balaban J connectivity index is 1.88. The topological polar surface area (TPSA) is 41.7 Å². The Labute approximate surface area is 106 Å². The highest BCUT2D eigenvalue weighted by molar-refractivity contribution is 5.76. The number of likely N-dealkylation sites (N-methyl/N-ethyl adjacent to an activating group) is 1. The lowest BCUT2D eigenvalue weighted by atomic mass is 10.3. The lowest BCUT2D eigenvalue weighted by Crippen LogP contribution is -2.44. The number of nitrogens with zero attached hydrogens (tertiary/aromatic N) is 3. The zero-order chi connectivity index (χ0) is 12.5. The first kappa shape index (κ1) is 11.3. The van der Waals surface area contributed by atoms with Gasteiger partial charge in [0.15, 0.2) is 5.58 Å². The minimum absolute atomic E-state index is 0.714. The molecule has 2 aromatic rings. The van der Waals surface area contributed by atoms with Gasteiger partial charge in [0.1, 0.15) is 11.3 Å². The maximum absolute atomic E-state index is 5.80. The number of rotatable bonds is 2. The zero-order valence-electron chi connectivity index (χ0n) is 10.7. The van der Waals surface area contributed by atoms with E-state index in [9.17, 15) is 0 Å². The van der Waals surface area contributed by atoms with Crippen LogP contribution < -0.4 is 9.64 Å². The average Bonchev–Trinajstić information content (AvgIpc) is 2.82. The van der Waals surface area contributed by atoms with Crippen LogP contribution in [0.15, 0.2) is 22.6 Å². The number of anilines is 1. The molecule has 0 spiro atoms. The highest BCUT2D eigenvalue weighted by Gasteiger charge is 2.19. The van der Waals surface area contributed by atoms with Gasteiger partial charge in [-0.05, 0) is 19.2 Å². The molecule has 0 atom stereocenters. The Hall–Kier alpha value is -1.75. The second-order valence-electron chi connectivity index (χ2n) is 4.62. The number of ether oxygens (including phenoxy) is 1. The van der Waals surface area contributed by atoms with Gasteiger partial charge in [0.05, 0.1) is 7.11 Å². The minimum atomic E-state index is 0.714. The Morgan fingerprint density at radius 2 is 2.00 bits per heavy atom. The molecule has 5 nitrogen and oxygen atoms in total. The van der Waals surface area contributed by atoms with Crippen molar-refractivity contribution in [2.45, 2.75) is 0 Å².